The first-order chi connectivity index (χ1) is 16.6. The highest BCUT2D eigenvalue weighted by Crippen LogP contribution is 2.56. The SMILES string of the molecule is CN(C)c1cc(CN)c(O)c2c1CC1CC3[C@@](O)(C(=O)C(C(N)=O)=C(O)[C@@]3(C)N(C)C)C(=O)C1=C2O. The molecule has 0 bridgehead atoms. The van der Waals surface area contributed by atoms with Crippen LogP contribution in [0.25, 0.3) is 5.76 Å². The molecule has 3 aliphatic carbocycles. The van der Waals surface area contributed by atoms with E-state index in [0.717, 1.165) is 0 Å². The molecule has 4 rings (SSSR count). The standard InChI is InChI=1S/C25H32N4O7/c1-24(29(4)5)14-8-10-6-12-13(28(2)3)7-11(9-26)18(30)16(12)19(31)15(10)21(33)25(14,36)22(34)17(20(24)32)23(27)35/h7,10,14,30-32,36H,6,8-9,26H2,1-5H3,(H2,27,35)/t10?,14?,24-,25-/m0/s1. The van der Waals surface area contributed by atoms with E-state index in [2.05, 4.69) is 0 Å². The minimum atomic E-state index is -2.77. The molecule has 8 N–H and O–H groups in total. The third kappa shape index (κ3) is 2.99. The molecule has 4 atom stereocenters. The van der Waals surface area contributed by atoms with Crippen LogP contribution in [0.3, 0.4) is 0 Å². The van der Waals surface area contributed by atoms with Crippen LogP contribution in [-0.4, -0.2) is 82.1 Å². The molecule has 1 amide bonds. The van der Waals surface area contributed by atoms with Crippen LogP contribution in [0.15, 0.2) is 23.0 Å². The molecule has 11 heteroatoms. The minimum Gasteiger partial charge on any atom is -0.509 e. The Morgan fingerprint density at radius 1 is 1.14 bits per heavy atom. The molecule has 1 aromatic carbocycles. The number of benzene rings is 1. The van der Waals surface area contributed by atoms with Gasteiger partial charge in [0.15, 0.2) is 5.60 Å². The minimum absolute atomic E-state index is 0.0177. The number of carbonyl (C=O) groups is 3. The number of ketones is 2. The van der Waals surface area contributed by atoms with Crippen molar-refractivity contribution in [2.45, 2.75) is 37.5 Å². The van der Waals surface area contributed by atoms with Crippen molar-refractivity contribution in [3.8, 4) is 5.75 Å². The van der Waals surface area contributed by atoms with Crippen LogP contribution in [0.5, 0.6) is 5.75 Å². The normalized spacial score (nSPS) is 29.8. The van der Waals surface area contributed by atoms with E-state index in [1.165, 1.54) is 11.8 Å². The summed E-state index contributed by atoms with van der Waals surface area (Å²) in [4.78, 5) is 42.8. The first kappa shape index (κ1) is 25.7. The van der Waals surface area contributed by atoms with E-state index in [9.17, 15) is 34.8 Å². The maximum absolute atomic E-state index is 13.9. The van der Waals surface area contributed by atoms with Crippen LogP contribution in [0.1, 0.15) is 30.0 Å². The second-order valence-electron chi connectivity index (χ2n) is 10.4. The quantitative estimate of drug-likeness (QED) is 0.240. The summed E-state index contributed by atoms with van der Waals surface area (Å²) in [5, 5.41) is 45.0. The van der Waals surface area contributed by atoms with Crippen LogP contribution < -0.4 is 16.4 Å². The summed E-state index contributed by atoms with van der Waals surface area (Å²) in [7, 11) is 6.77. The van der Waals surface area contributed by atoms with Crippen molar-refractivity contribution in [2.75, 3.05) is 33.1 Å². The van der Waals surface area contributed by atoms with Gasteiger partial charge in [-0.05, 0) is 51.4 Å². The summed E-state index contributed by atoms with van der Waals surface area (Å²) in [5.41, 5.74) is 7.50. The molecule has 0 saturated heterocycles. The van der Waals surface area contributed by atoms with Crippen molar-refractivity contribution in [3.63, 3.8) is 0 Å². The highest BCUT2D eigenvalue weighted by Gasteiger charge is 2.68. The third-order valence-electron chi connectivity index (χ3n) is 8.27. The zero-order valence-corrected chi connectivity index (χ0v) is 20.9. The number of primary amides is 1. The molecule has 0 aliphatic heterocycles. The summed E-state index contributed by atoms with van der Waals surface area (Å²) < 4.78 is 0. The Hall–Kier alpha value is -3.41. The molecule has 3 aliphatic rings. The average Bonchev–Trinajstić information content (AvgIpc) is 2.79. The van der Waals surface area contributed by atoms with Gasteiger partial charge in [-0.1, -0.05) is 0 Å². The van der Waals surface area contributed by atoms with E-state index in [0.29, 0.717) is 16.8 Å². The predicted molar refractivity (Wildman–Crippen MR) is 131 cm³/mol. The third-order valence-corrected chi connectivity index (χ3v) is 8.27. The van der Waals surface area contributed by atoms with Gasteiger partial charge in [-0.3, -0.25) is 19.3 Å². The zero-order chi connectivity index (χ0) is 27.1. The Morgan fingerprint density at radius 3 is 2.25 bits per heavy atom. The van der Waals surface area contributed by atoms with Crippen molar-refractivity contribution in [3.05, 3.63) is 39.7 Å². The molecule has 0 heterocycles. The number of aliphatic hydroxyl groups is 3. The number of carbonyl (C=O) groups excluding carboxylic acids is 3. The van der Waals surface area contributed by atoms with Gasteiger partial charge in [0, 0.05) is 43.4 Å². The molecule has 0 spiro atoms. The van der Waals surface area contributed by atoms with Crippen molar-refractivity contribution < 1.29 is 34.8 Å². The second-order valence-corrected chi connectivity index (χ2v) is 10.4. The average molecular weight is 501 g/mol. The molecule has 11 nitrogen and oxygen atoms in total. The summed E-state index contributed by atoms with van der Waals surface area (Å²) in [6.45, 7) is 1.49. The summed E-state index contributed by atoms with van der Waals surface area (Å²) in [5.74, 6) is -6.92. The number of amides is 1. The van der Waals surface area contributed by atoms with E-state index in [1.807, 2.05) is 0 Å². The zero-order valence-electron chi connectivity index (χ0n) is 20.9. The van der Waals surface area contributed by atoms with E-state index in [-0.39, 0.29) is 36.3 Å². The molecule has 1 aromatic rings. The Morgan fingerprint density at radius 2 is 1.75 bits per heavy atom. The maximum Gasteiger partial charge on any atom is 0.255 e. The van der Waals surface area contributed by atoms with Gasteiger partial charge in [0.25, 0.3) is 5.91 Å². The number of Topliss-reactive ketones (excluding diaryl/α,β-unsaturated/α-hetero) is 2. The monoisotopic (exact) mass is 500 g/mol. The number of nitrogens with zero attached hydrogens (tertiary/aromatic N) is 2. The number of phenols is 1. The molecule has 1 saturated carbocycles. The number of rotatable bonds is 4. The fourth-order valence-corrected chi connectivity index (χ4v) is 6.12. The summed E-state index contributed by atoms with van der Waals surface area (Å²) >= 11 is 0. The van der Waals surface area contributed by atoms with Gasteiger partial charge in [-0.25, -0.2) is 0 Å². The fraction of sp³-hybridized carbons (Fsp3) is 0.480. The van der Waals surface area contributed by atoms with Gasteiger partial charge < -0.3 is 36.8 Å². The Bertz CT molecular complexity index is 1280. The fourth-order valence-electron chi connectivity index (χ4n) is 6.12. The van der Waals surface area contributed by atoms with E-state index in [1.54, 1.807) is 39.2 Å². The molecule has 1 fully saturated rings. The van der Waals surface area contributed by atoms with E-state index in [4.69, 9.17) is 11.5 Å². The van der Waals surface area contributed by atoms with E-state index >= 15 is 0 Å². The molecule has 0 radical (unpaired) electrons. The molecular formula is C25H32N4O7. The number of aromatic hydroxyl groups is 1. The number of likely N-dealkylation sites (N-methyl/N-ethyl adjacent to an activating group) is 1. The summed E-state index contributed by atoms with van der Waals surface area (Å²) in [6, 6.07) is 1.72. The molecular weight excluding hydrogens is 468 g/mol. The van der Waals surface area contributed by atoms with Gasteiger partial charge >= 0.3 is 0 Å². The first-order valence-electron chi connectivity index (χ1n) is 11.6. The van der Waals surface area contributed by atoms with Crippen LogP contribution in [0.4, 0.5) is 5.69 Å². The maximum atomic E-state index is 13.9. The van der Waals surface area contributed by atoms with Crippen LogP contribution in [0.2, 0.25) is 0 Å². The molecule has 36 heavy (non-hydrogen) atoms. The number of anilines is 1. The lowest BCUT2D eigenvalue weighted by Crippen LogP contribution is -2.71. The highest BCUT2D eigenvalue weighted by atomic mass is 16.3. The lowest BCUT2D eigenvalue weighted by atomic mass is 9.53. The van der Waals surface area contributed by atoms with Crippen molar-refractivity contribution in [1.82, 2.24) is 4.90 Å². The first-order valence-corrected chi connectivity index (χ1v) is 11.6. The number of fused-ring (bicyclic) bond motifs is 3. The van der Waals surface area contributed by atoms with Gasteiger partial charge in [0.1, 0.15) is 22.8 Å². The number of nitrogens with two attached hydrogens (primary N) is 2. The Balaban J connectivity index is 2.03. The number of hydrogen-bond donors (Lipinski definition) is 6. The van der Waals surface area contributed by atoms with Gasteiger partial charge in [0.05, 0.1) is 11.1 Å². The van der Waals surface area contributed by atoms with Crippen LogP contribution in [0, 0.1) is 11.8 Å². The smallest absolute Gasteiger partial charge is 0.255 e. The number of aliphatic hydroxyl groups excluding tert-OH is 2. The number of phenolic OH excluding ortho intramolecular Hbond substituents is 1. The van der Waals surface area contributed by atoms with Crippen molar-refractivity contribution in [1.29, 1.82) is 0 Å². The topological polar surface area (TPSA) is 191 Å². The lowest BCUT2D eigenvalue weighted by Gasteiger charge is -2.55. The van der Waals surface area contributed by atoms with Crippen LogP contribution in [-0.2, 0) is 27.3 Å². The summed E-state index contributed by atoms with van der Waals surface area (Å²) in [6.07, 6.45) is 0.230. The highest BCUT2D eigenvalue weighted by molar-refractivity contribution is 6.33. The molecule has 2 unspecified atom stereocenters. The van der Waals surface area contributed by atoms with Gasteiger partial charge in [-0.15, -0.1) is 0 Å². The van der Waals surface area contributed by atoms with Gasteiger partial charge in [0.2, 0.25) is 11.6 Å². The molecule has 194 valence electrons. The lowest BCUT2D eigenvalue weighted by molar-refractivity contribution is -0.168. The Kier molecular flexibility index (Phi) is 5.74. The van der Waals surface area contributed by atoms with Crippen molar-refractivity contribution in [2.24, 2.45) is 23.3 Å². The van der Waals surface area contributed by atoms with Gasteiger partial charge in [-0.2, -0.15) is 0 Å². The molecule has 0 aromatic heterocycles. The largest absolute Gasteiger partial charge is 0.509 e. The van der Waals surface area contributed by atoms with Crippen LogP contribution >= 0.6 is 0 Å². The Labute approximate surface area is 208 Å². The number of hydrogen-bond acceptors (Lipinski definition) is 10. The second kappa shape index (κ2) is 8.05. The van der Waals surface area contributed by atoms with Crippen molar-refractivity contribution >= 4 is 28.9 Å². The van der Waals surface area contributed by atoms with E-state index < -0.39 is 57.5 Å². The predicted octanol–water partition coefficient (Wildman–Crippen LogP) is -0.121.